The fourth-order valence-corrected chi connectivity index (χ4v) is 2.18. The van der Waals surface area contributed by atoms with Crippen molar-refractivity contribution in [2.75, 3.05) is 6.61 Å². The summed E-state index contributed by atoms with van der Waals surface area (Å²) in [5.74, 6) is 0.715. The first-order chi connectivity index (χ1) is 9.31. The summed E-state index contributed by atoms with van der Waals surface area (Å²) in [6.07, 6.45) is 3.00. The molecule has 1 aromatic carbocycles. The first-order valence-corrected chi connectivity index (χ1v) is 6.00. The summed E-state index contributed by atoms with van der Waals surface area (Å²) in [7, 11) is 0. The second-order valence-electron chi connectivity index (χ2n) is 4.19. The van der Waals surface area contributed by atoms with Crippen LogP contribution in [0.5, 0.6) is 5.75 Å². The van der Waals surface area contributed by atoms with E-state index in [2.05, 4.69) is 9.97 Å². The maximum atomic E-state index is 9.90. The zero-order chi connectivity index (χ0) is 13.2. The molecule has 0 radical (unpaired) electrons. The number of para-hydroxylation sites is 2. The first kappa shape index (κ1) is 11.7. The zero-order valence-electron chi connectivity index (χ0n) is 10.2. The van der Waals surface area contributed by atoms with Crippen molar-refractivity contribution < 1.29 is 10.2 Å². The Hall–Kier alpha value is -2.40. The van der Waals surface area contributed by atoms with Crippen molar-refractivity contribution in [3.8, 4) is 17.1 Å². The van der Waals surface area contributed by atoms with Crippen LogP contribution in [0.4, 0.5) is 0 Å². The lowest BCUT2D eigenvalue weighted by Gasteiger charge is -2.08. The van der Waals surface area contributed by atoms with Crippen LogP contribution in [0.3, 0.4) is 0 Å². The lowest BCUT2D eigenvalue weighted by Crippen LogP contribution is -2.04. The van der Waals surface area contributed by atoms with E-state index in [0.717, 1.165) is 11.0 Å². The minimum Gasteiger partial charge on any atom is -0.506 e. The smallest absolute Gasteiger partial charge is 0.145 e. The normalized spacial score (nSPS) is 11.0. The Morgan fingerprint density at radius 1 is 1.16 bits per heavy atom. The third-order valence-electron chi connectivity index (χ3n) is 3.02. The highest BCUT2D eigenvalue weighted by Gasteiger charge is 2.14. The number of aromatic hydroxyl groups is 1. The molecule has 2 aromatic heterocycles. The Bertz CT molecular complexity index is 722. The summed E-state index contributed by atoms with van der Waals surface area (Å²) in [6, 6.07) is 9.40. The largest absolute Gasteiger partial charge is 0.506 e. The predicted octanol–water partition coefficient (Wildman–Crippen LogP) is 1.80. The second-order valence-corrected chi connectivity index (χ2v) is 4.19. The van der Waals surface area contributed by atoms with Gasteiger partial charge in [-0.15, -0.1) is 0 Å². The van der Waals surface area contributed by atoms with Gasteiger partial charge < -0.3 is 14.8 Å². The van der Waals surface area contributed by atoms with Gasteiger partial charge in [0, 0.05) is 12.7 Å². The summed E-state index contributed by atoms with van der Waals surface area (Å²) < 4.78 is 1.89. The van der Waals surface area contributed by atoms with Crippen molar-refractivity contribution in [3.05, 3.63) is 42.7 Å². The van der Waals surface area contributed by atoms with Gasteiger partial charge in [0.2, 0.25) is 0 Å². The van der Waals surface area contributed by atoms with Crippen molar-refractivity contribution in [3.63, 3.8) is 0 Å². The van der Waals surface area contributed by atoms with Crippen molar-refractivity contribution >= 4 is 11.0 Å². The van der Waals surface area contributed by atoms with Crippen molar-refractivity contribution in [1.29, 1.82) is 0 Å². The molecule has 0 aliphatic rings. The molecule has 0 atom stereocenters. The highest BCUT2D eigenvalue weighted by molar-refractivity contribution is 5.81. The summed E-state index contributed by atoms with van der Waals surface area (Å²) in [4.78, 5) is 8.39. The van der Waals surface area contributed by atoms with Crippen LogP contribution in [0.15, 0.2) is 42.7 Å². The standard InChI is InChI=1S/C14H13N3O2/c18-8-7-17-12-4-2-1-3-11(12)16-14(17)10-5-6-15-9-13(10)19/h1-6,9,18-19H,7-8H2. The average molecular weight is 255 g/mol. The topological polar surface area (TPSA) is 71.2 Å². The molecule has 19 heavy (non-hydrogen) atoms. The zero-order valence-corrected chi connectivity index (χ0v) is 10.2. The number of pyridine rings is 1. The van der Waals surface area contributed by atoms with E-state index in [0.29, 0.717) is 17.9 Å². The molecular formula is C14H13N3O2. The highest BCUT2D eigenvalue weighted by atomic mass is 16.3. The Balaban J connectivity index is 2.28. The number of rotatable bonds is 3. The molecular weight excluding hydrogens is 242 g/mol. The van der Waals surface area contributed by atoms with Gasteiger partial charge in [-0.1, -0.05) is 12.1 Å². The van der Waals surface area contributed by atoms with Gasteiger partial charge in [-0.3, -0.25) is 4.98 Å². The third-order valence-corrected chi connectivity index (χ3v) is 3.02. The Labute approximate surface area is 109 Å². The lowest BCUT2D eigenvalue weighted by atomic mass is 10.2. The number of hydrogen-bond acceptors (Lipinski definition) is 4. The van der Waals surface area contributed by atoms with Crippen molar-refractivity contribution in [1.82, 2.24) is 14.5 Å². The van der Waals surface area contributed by atoms with Crippen LogP contribution in [0.25, 0.3) is 22.4 Å². The van der Waals surface area contributed by atoms with Crippen LogP contribution in [0.2, 0.25) is 0 Å². The average Bonchev–Trinajstić information content (AvgIpc) is 2.79. The molecule has 0 unspecified atom stereocenters. The van der Waals surface area contributed by atoms with Crippen LogP contribution >= 0.6 is 0 Å². The van der Waals surface area contributed by atoms with Gasteiger partial charge in [0.1, 0.15) is 11.6 Å². The van der Waals surface area contributed by atoms with E-state index >= 15 is 0 Å². The number of aromatic nitrogens is 3. The number of hydrogen-bond donors (Lipinski definition) is 2. The predicted molar refractivity (Wildman–Crippen MR) is 71.7 cm³/mol. The Morgan fingerprint density at radius 2 is 2.00 bits per heavy atom. The molecule has 0 aliphatic heterocycles. The maximum Gasteiger partial charge on any atom is 0.145 e. The van der Waals surface area contributed by atoms with Gasteiger partial charge in [0.15, 0.2) is 0 Å². The molecule has 0 amide bonds. The molecule has 0 saturated carbocycles. The minimum atomic E-state index is 0.0131. The van der Waals surface area contributed by atoms with Crippen LogP contribution < -0.4 is 0 Å². The third kappa shape index (κ3) is 1.94. The second kappa shape index (κ2) is 4.70. The number of aliphatic hydroxyl groups excluding tert-OH is 1. The van der Waals surface area contributed by atoms with Crippen molar-refractivity contribution in [2.45, 2.75) is 6.54 Å². The van der Waals surface area contributed by atoms with Gasteiger partial charge >= 0.3 is 0 Å². The van der Waals surface area contributed by atoms with Gasteiger partial charge in [-0.05, 0) is 18.2 Å². The van der Waals surface area contributed by atoms with Gasteiger partial charge in [-0.25, -0.2) is 4.98 Å². The maximum absolute atomic E-state index is 9.90. The number of imidazole rings is 1. The lowest BCUT2D eigenvalue weighted by molar-refractivity contribution is 0.278. The summed E-state index contributed by atoms with van der Waals surface area (Å²) in [5.41, 5.74) is 2.38. The summed E-state index contributed by atoms with van der Waals surface area (Å²) in [6.45, 7) is 0.441. The number of nitrogens with zero attached hydrogens (tertiary/aromatic N) is 3. The van der Waals surface area contributed by atoms with E-state index in [1.165, 1.54) is 6.20 Å². The molecule has 0 fully saturated rings. The van der Waals surface area contributed by atoms with Crippen LogP contribution in [0.1, 0.15) is 0 Å². The van der Waals surface area contributed by atoms with E-state index < -0.39 is 0 Å². The molecule has 0 bridgehead atoms. The summed E-state index contributed by atoms with van der Waals surface area (Å²) >= 11 is 0. The fourth-order valence-electron chi connectivity index (χ4n) is 2.18. The molecule has 3 aromatic rings. The molecule has 5 heteroatoms. The molecule has 2 N–H and O–H groups in total. The van der Waals surface area contributed by atoms with Gasteiger partial charge in [0.25, 0.3) is 0 Å². The molecule has 5 nitrogen and oxygen atoms in total. The molecule has 0 spiro atoms. The molecule has 96 valence electrons. The highest BCUT2D eigenvalue weighted by Crippen LogP contribution is 2.30. The SMILES string of the molecule is OCCn1c(-c2ccncc2O)nc2ccccc21. The number of fused-ring (bicyclic) bond motifs is 1. The van der Waals surface area contributed by atoms with E-state index in [9.17, 15) is 10.2 Å². The van der Waals surface area contributed by atoms with E-state index in [1.807, 2.05) is 28.8 Å². The first-order valence-electron chi connectivity index (χ1n) is 6.00. The van der Waals surface area contributed by atoms with Gasteiger partial charge in [0.05, 0.1) is 29.4 Å². The quantitative estimate of drug-likeness (QED) is 0.748. The van der Waals surface area contributed by atoms with E-state index in [4.69, 9.17) is 0 Å². The van der Waals surface area contributed by atoms with E-state index in [-0.39, 0.29) is 12.4 Å². The fraction of sp³-hybridized carbons (Fsp3) is 0.143. The molecule has 0 aliphatic carbocycles. The van der Waals surface area contributed by atoms with Crippen molar-refractivity contribution in [2.24, 2.45) is 0 Å². The minimum absolute atomic E-state index is 0.0131. The summed E-state index contributed by atoms with van der Waals surface area (Å²) in [5, 5.41) is 19.1. The van der Waals surface area contributed by atoms with Crippen LogP contribution in [-0.2, 0) is 6.54 Å². The monoisotopic (exact) mass is 255 g/mol. The van der Waals surface area contributed by atoms with Gasteiger partial charge in [-0.2, -0.15) is 0 Å². The molecule has 0 saturated heterocycles. The molecule has 3 rings (SSSR count). The molecule has 2 heterocycles. The van der Waals surface area contributed by atoms with Crippen LogP contribution in [0, 0.1) is 0 Å². The Kier molecular flexibility index (Phi) is 2.89. The Morgan fingerprint density at radius 3 is 2.79 bits per heavy atom. The number of benzene rings is 1. The van der Waals surface area contributed by atoms with Crippen LogP contribution in [-0.4, -0.2) is 31.4 Å². The van der Waals surface area contributed by atoms with E-state index in [1.54, 1.807) is 12.3 Å². The number of aliphatic hydroxyl groups is 1.